The average Bonchev–Trinajstić information content (AvgIpc) is 2.40. The third-order valence-corrected chi connectivity index (χ3v) is 4.66. The summed E-state index contributed by atoms with van der Waals surface area (Å²) in [5, 5.41) is 18.6. The van der Waals surface area contributed by atoms with E-state index in [4.69, 9.17) is 10.8 Å². The van der Waals surface area contributed by atoms with E-state index in [1.807, 2.05) is 0 Å². The zero-order chi connectivity index (χ0) is 12.3. The first-order valence-corrected chi connectivity index (χ1v) is 7.01. The summed E-state index contributed by atoms with van der Waals surface area (Å²) in [5.41, 5.74) is 5.29. The van der Waals surface area contributed by atoms with Gasteiger partial charge in [0, 0.05) is 5.92 Å². The fraction of sp³-hybridized carbons (Fsp3) is 0.889. The molecule has 0 aromatic rings. The maximum absolute atomic E-state index is 11.3. The van der Waals surface area contributed by atoms with E-state index < -0.39 is 33.7 Å². The van der Waals surface area contributed by atoms with E-state index in [9.17, 15) is 18.3 Å². The molecule has 16 heavy (non-hydrogen) atoms. The molecule has 1 fully saturated rings. The van der Waals surface area contributed by atoms with Crippen molar-refractivity contribution < 1.29 is 23.4 Å². The zero-order valence-electron chi connectivity index (χ0n) is 8.87. The summed E-state index contributed by atoms with van der Waals surface area (Å²) in [7, 11) is -3.29. The van der Waals surface area contributed by atoms with Crippen molar-refractivity contribution in [2.75, 3.05) is 18.1 Å². The van der Waals surface area contributed by atoms with Crippen molar-refractivity contribution in [2.24, 2.45) is 17.6 Å². The van der Waals surface area contributed by atoms with E-state index in [1.54, 1.807) is 0 Å². The third-order valence-electron chi connectivity index (χ3n) is 2.92. The van der Waals surface area contributed by atoms with Crippen LogP contribution in [0.3, 0.4) is 0 Å². The molecule has 0 aromatic carbocycles. The molecule has 1 rings (SSSR count). The standard InChI is InChI=1S/C9H17NO5S/c10-3-1-2-6(9(12)13)7-4-16(14,15)5-8(7)11/h6-8,11H,1-5,10H2,(H,12,13). The lowest BCUT2D eigenvalue weighted by atomic mass is 9.86. The highest BCUT2D eigenvalue weighted by atomic mass is 32.2. The Balaban J connectivity index is 2.75. The van der Waals surface area contributed by atoms with Gasteiger partial charge in [0.2, 0.25) is 0 Å². The summed E-state index contributed by atoms with van der Waals surface area (Å²) < 4.78 is 22.5. The molecule has 4 N–H and O–H groups in total. The molecule has 0 amide bonds. The molecule has 94 valence electrons. The number of carbonyl (C=O) groups is 1. The lowest BCUT2D eigenvalue weighted by Crippen LogP contribution is -2.32. The van der Waals surface area contributed by atoms with Gasteiger partial charge in [-0.25, -0.2) is 8.42 Å². The van der Waals surface area contributed by atoms with Crippen LogP contribution in [0, 0.1) is 11.8 Å². The Morgan fingerprint density at radius 2 is 2.06 bits per heavy atom. The number of hydrogen-bond acceptors (Lipinski definition) is 5. The fourth-order valence-corrected chi connectivity index (χ4v) is 4.04. The summed E-state index contributed by atoms with van der Waals surface area (Å²) in [6.07, 6.45) is -0.243. The number of hydrogen-bond donors (Lipinski definition) is 3. The SMILES string of the molecule is NCCCC(C(=O)O)C1CS(=O)(=O)CC1O. The first-order valence-electron chi connectivity index (χ1n) is 5.18. The first kappa shape index (κ1) is 13.4. The molecule has 0 radical (unpaired) electrons. The van der Waals surface area contributed by atoms with Gasteiger partial charge >= 0.3 is 5.97 Å². The molecular weight excluding hydrogens is 234 g/mol. The van der Waals surface area contributed by atoms with Crippen LogP contribution in [0.2, 0.25) is 0 Å². The van der Waals surface area contributed by atoms with Gasteiger partial charge in [-0.1, -0.05) is 0 Å². The van der Waals surface area contributed by atoms with Gasteiger partial charge in [0.25, 0.3) is 0 Å². The second-order valence-corrected chi connectivity index (χ2v) is 6.34. The Morgan fingerprint density at radius 1 is 1.44 bits per heavy atom. The quantitative estimate of drug-likeness (QED) is 0.567. The topological polar surface area (TPSA) is 118 Å². The monoisotopic (exact) mass is 251 g/mol. The van der Waals surface area contributed by atoms with Crippen molar-refractivity contribution >= 4 is 15.8 Å². The molecule has 0 aromatic heterocycles. The summed E-state index contributed by atoms with van der Waals surface area (Å²) in [6.45, 7) is 0.360. The van der Waals surface area contributed by atoms with Crippen molar-refractivity contribution in [3.05, 3.63) is 0 Å². The zero-order valence-corrected chi connectivity index (χ0v) is 9.69. The highest BCUT2D eigenvalue weighted by Crippen LogP contribution is 2.29. The van der Waals surface area contributed by atoms with Crippen molar-refractivity contribution in [1.82, 2.24) is 0 Å². The van der Waals surface area contributed by atoms with E-state index in [0.29, 0.717) is 19.4 Å². The highest BCUT2D eigenvalue weighted by Gasteiger charge is 2.43. The van der Waals surface area contributed by atoms with E-state index in [-0.39, 0.29) is 11.5 Å². The Hall–Kier alpha value is -0.660. The molecule has 6 nitrogen and oxygen atoms in total. The molecule has 0 spiro atoms. The molecular formula is C9H17NO5S. The number of aliphatic carboxylic acids is 1. The summed E-state index contributed by atoms with van der Waals surface area (Å²) in [4.78, 5) is 11.0. The van der Waals surface area contributed by atoms with Gasteiger partial charge in [0.05, 0.1) is 23.5 Å². The number of rotatable bonds is 5. The Bertz CT molecular complexity index is 353. The minimum atomic E-state index is -3.29. The second kappa shape index (κ2) is 5.11. The molecule has 3 unspecified atom stereocenters. The Morgan fingerprint density at radius 3 is 2.44 bits per heavy atom. The molecule has 0 saturated carbocycles. The van der Waals surface area contributed by atoms with Crippen LogP contribution in [-0.2, 0) is 14.6 Å². The van der Waals surface area contributed by atoms with E-state index in [0.717, 1.165) is 0 Å². The van der Waals surface area contributed by atoms with Crippen LogP contribution in [0.1, 0.15) is 12.8 Å². The molecule has 3 atom stereocenters. The van der Waals surface area contributed by atoms with Crippen molar-refractivity contribution in [1.29, 1.82) is 0 Å². The normalized spacial score (nSPS) is 30.1. The second-order valence-electron chi connectivity index (χ2n) is 4.18. The lowest BCUT2D eigenvalue weighted by molar-refractivity contribution is -0.145. The maximum Gasteiger partial charge on any atom is 0.306 e. The molecule has 1 saturated heterocycles. The van der Waals surface area contributed by atoms with Crippen LogP contribution >= 0.6 is 0 Å². The van der Waals surface area contributed by atoms with Crippen LogP contribution in [0.4, 0.5) is 0 Å². The lowest BCUT2D eigenvalue weighted by Gasteiger charge is -2.20. The van der Waals surface area contributed by atoms with Crippen LogP contribution in [-0.4, -0.2) is 48.8 Å². The molecule has 0 aliphatic carbocycles. The Labute approximate surface area is 94.4 Å². The van der Waals surface area contributed by atoms with Gasteiger partial charge in [-0.3, -0.25) is 4.79 Å². The minimum absolute atomic E-state index is 0.240. The van der Waals surface area contributed by atoms with Gasteiger partial charge in [0.15, 0.2) is 9.84 Å². The third kappa shape index (κ3) is 3.16. The van der Waals surface area contributed by atoms with Gasteiger partial charge < -0.3 is 15.9 Å². The van der Waals surface area contributed by atoms with E-state index >= 15 is 0 Å². The highest BCUT2D eigenvalue weighted by molar-refractivity contribution is 7.91. The molecule has 1 aliphatic heterocycles. The number of aliphatic hydroxyl groups excluding tert-OH is 1. The van der Waals surface area contributed by atoms with E-state index in [2.05, 4.69) is 0 Å². The largest absolute Gasteiger partial charge is 0.481 e. The van der Waals surface area contributed by atoms with E-state index in [1.165, 1.54) is 0 Å². The predicted molar refractivity (Wildman–Crippen MR) is 57.6 cm³/mol. The van der Waals surface area contributed by atoms with Gasteiger partial charge in [-0.2, -0.15) is 0 Å². The van der Waals surface area contributed by atoms with Crippen LogP contribution < -0.4 is 5.73 Å². The predicted octanol–water partition coefficient (Wildman–Crippen LogP) is -1.17. The molecule has 0 bridgehead atoms. The number of sulfone groups is 1. The van der Waals surface area contributed by atoms with Crippen LogP contribution in [0.25, 0.3) is 0 Å². The smallest absolute Gasteiger partial charge is 0.306 e. The number of carboxylic acid groups (broad SMARTS) is 1. The number of carboxylic acids is 1. The van der Waals surface area contributed by atoms with Crippen LogP contribution in [0.5, 0.6) is 0 Å². The van der Waals surface area contributed by atoms with Crippen LogP contribution in [0.15, 0.2) is 0 Å². The summed E-state index contributed by atoms with van der Waals surface area (Å²) in [5.74, 6) is -3.15. The number of aliphatic hydroxyl groups is 1. The van der Waals surface area contributed by atoms with Crippen molar-refractivity contribution in [2.45, 2.75) is 18.9 Å². The Kier molecular flexibility index (Phi) is 4.28. The first-order chi connectivity index (χ1) is 7.37. The summed E-state index contributed by atoms with van der Waals surface area (Å²) in [6, 6.07) is 0. The summed E-state index contributed by atoms with van der Waals surface area (Å²) >= 11 is 0. The molecule has 1 heterocycles. The average molecular weight is 251 g/mol. The number of nitrogens with two attached hydrogens (primary N) is 1. The van der Waals surface area contributed by atoms with Gasteiger partial charge in [0.1, 0.15) is 0 Å². The molecule has 1 aliphatic rings. The maximum atomic E-state index is 11.3. The van der Waals surface area contributed by atoms with Crippen molar-refractivity contribution in [3.63, 3.8) is 0 Å². The fourth-order valence-electron chi connectivity index (χ4n) is 2.10. The minimum Gasteiger partial charge on any atom is -0.481 e. The molecule has 7 heteroatoms. The van der Waals surface area contributed by atoms with Crippen molar-refractivity contribution in [3.8, 4) is 0 Å². The van der Waals surface area contributed by atoms with Gasteiger partial charge in [-0.15, -0.1) is 0 Å². The van der Waals surface area contributed by atoms with Gasteiger partial charge in [-0.05, 0) is 19.4 Å².